The topological polar surface area (TPSA) is 120 Å². The number of carbonyl (C=O) groups excluding carboxylic acids is 1. The SMILES string of the molecule is COc1cc(/C=N\NS(=O)(=O)c2ccc(C)cc2)ccc1OCC(N)=O. The molecule has 26 heavy (non-hydrogen) atoms. The first-order chi connectivity index (χ1) is 12.3. The standard InChI is InChI=1S/C17H19N3O5S/c1-12-3-6-14(7-4-12)26(22,23)20-19-10-13-5-8-15(16(9-13)24-2)25-11-17(18)21/h3-10,20H,11H2,1-2H3,(H2,18,21)/b19-10-. The molecule has 0 fully saturated rings. The van der Waals surface area contributed by atoms with Gasteiger partial charge in [-0.1, -0.05) is 17.7 Å². The average Bonchev–Trinajstić information content (AvgIpc) is 2.60. The van der Waals surface area contributed by atoms with E-state index in [0.717, 1.165) is 5.56 Å². The van der Waals surface area contributed by atoms with E-state index in [1.807, 2.05) is 6.92 Å². The molecule has 0 aliphatic carbocycles. The number of hydrazone groups is 1. The number of primary amides is 1. The lowest BCUT2D eigenvalue weighted by atomic mass is 10.2. The summed E-state index contributed by atoms with van der Waals surface area (Å²) in [6.45, 7) is 1.59. The molecule has 9 heteroatoms. The molecular formula is C17H19N3O5S. The molecule has 0 heterocycles. The highest BCUT2D eigenvalue weighted by Gasteiger charge is 2.12. The molecule has 1 amide bonds. The van der Waals surface area contributed by atoms with Crippen LogP contribution < -0.4 is 20.0 Å². The quantitative estimate of drug-likeness (QED) is 0.529. The van der Waals surface area contributed by atoms with Crippen molar-refractivity contribution < 1.29 is 22.7 Å². The Labute approximate surface area is 151 Å². The highest BCUT2D eigenvalue weighted by Crippen LogP contribution is 2.27. The zero-order valence-corrected chi connectivity index (χ0v) is 15.1. The van der Waals surface area contributed by atoms with E-state index in [4.69, 9.17) is 15.2 Å². The maximum Gasteiger partial charge on any atom is 0.276 e. The van der Waals surface area contributed by atoms with Crippen molar-refractivity contribution in [2.45, 2.75) is 11.8 Å². The van der Waals surface area contributed by atoms with E-state index in [9.17, 15) is 13.2 Å². The van der Waals surface area contributed by atoms with E-state index in [2.05, 4.69) is 9.93 Å². The lowest BCUT2D eigenvalue weighted by molar-refractivity contribution is -0.119. The third-order valence-electron chi connectivity index (χ3n) is 3.28. The number of nitrogens with one attached hydrogen (secondary N) is 1. The van der Waals surface area contributed by atoms with E-state index < -0.39 is 15.9 Å². The lowest BCUT2D eigenvalue weighted by Crippen LogP contribution is -2.20. The molecular weight excluding hydrogens is 358 g/mol. The monoisotopic (exact) mass is 377 g/mol. The van der Waals surface area contributed by atoms with Crippen LogP contribution in [0, 0.1) is 6.92 Å². The fraction of sp³-hybridized carbons (Fsp3) is 0.176. The number of amides is 1. The Balaban J connectivity index is 2.10. The minimum Gasteiger partial charge on any atom is -0.493 e. The van der Waals surface area contributed by atoms with Crippen molar-refractivity contribution in [3.63, 3.8) is 0 Å². The molecule has 2 rings (SSSR count). The van der Waals surface area contributed by atoms with Gasteiger partial charge in [-0.25, -0.2) is 4.83 Å². The van der Waals surface area contributed by atoms with Crippen LogP contribution in [0.3, 0.4) is 0 Å². The molecule has 0 saturated heterocycles. The Morgan fingerprint density at radius 1 is 1.19 bits per heavy atom. The molecule has 0 aromatic heterocycles. The van der Waals surface area contributed by atoms with Gasteiger partial charge in [-0.3, -0.25) is 4.79 Å². The molecule has 0 radical (unpaired) electrons. The fourth-order valence-corrected chi connectivity index (χ4v) is 2.76. The highest BCUT2D eigenvalue weighted by atomic mass is 32.2. The number of nitrogens with zero attached hydrogens (tertiary/aromatic N) is 1. The molecule has 0 atom stereocenters. The Morgan fingerprint density at radius 2 is 1.88 bits per heavy atom. The van der Waals surface area contributed by atoms with Crippen molar-refractivity contribution in [3.8, 4) is 11.5 Å². The average molecular weight is 377 g/mol. The summed E-state index contributed by atoms with van der Waals surface area (Å²) < 4.78 is 34.7. The summed E-state index contributed by atoms with van der Waals surface area (Å²) in [5, 5.41) is 3.76. The number of carbonyl (C=O) groups is 1. The number of ether oxygens (including phenoxy) is 2. The van der Waals surface area contributed by atoms with Crippen molar-refractivity contribution in [1.29, 1.82) is 0 Å². The van der Waals surface area contributed by atoms with Gasteiger partial charge in [-0.2, -0.15) is 13.5 Å². The summed E-state index contributed by atoms with van der Waals surface area (Å²) >= 11 is 0. The molecule has 8 nitrogen and oxygen atoms in total. The first-order valence-corrected chi connectivity index (χ1v) is 9.01. The van der Waals surface area contributed by atoms with Gasteiger partial charge in [-0.05, 0) is 42.8 Å². The lowest BCUT2D eigenvalue weighted by Gasteiger charge is -2.09. The minimum absolute atomic E-state index is 0.119. The fourth-order valence-electron chi connectivity index (χ4n) is 1.97. The molecule has 138 valence electrons. The van der Waals surface area contributed by atoms with Crippen LogP contribution in [0.4, 0.5) is 0 Å². The summed E-state index contributed by atoms with van der Waals surface area (Å²) in [6, 6.07) is 11.2. The summed E-state index contributed by atoms with van der Waals surface area (Å²) in [5.41, 5.74) is 6.56. The molecule has 0 aliphatic rings. The van der Waals surface area contributed by atoms with Crippen LogP contribution in [0.15, 0.2) is 52.5 Å². The number of benzene rings is 2. The smallest absolute Gasteiger partial charge is 0.276 e. The summed E-state index contributed by atoms with van der Waals surface area (Å²) in [4.78, 5) is 13.0. The van der Waals surface area contributed by atoms with Gasteiger partial charge in [-0.15, -0.1) is 0 Å². The van der Waals surface area contributed by atoms with E-state index in [0.29, 0.717) is 17.1 Å². The highest BCUT2D eigenvalue weighted by molar-refractivity contribution is 7.89. The van der Waals surface area contributed by atoms with Crippen molar-refractivity contribution in [1.82, 2.24) is 4.83 Å². The van der Waals surface area contributed by atoms with E-state index >= 15 is 0 Å². The summed E-state index contributed by atoms with van der Waals surface area (Å²) in [5.74, 6) is 0.0866. The van der Waals surface area contributed by atoms with Crippen LogP contribution >= 0.6 is 0 Å². The van der Waals surface area contributed by atoms with Crippen LogP contribution in [0.1, 0.15) is 11.1 Å². The number of hydrogen-bond donors (Lipinski definition) is 2. The Morgan fingerprint density at radius 3 is 2.50 bits per heavy atom. The Hall–Kier alpha value is -3.07. The second-order valence-corrected chi connectivity index (χ2v) is 6.99. The first-order valence-electron chi connectivity index (χ1n) is 7.52. The second kappa shape index (κ2) is 8.34. The largest absolute Gasteiger partial charge is 0.493 e. The van der Waals surface area contributed by atoms with E-state index in [1.165, 1.54) is 25.5 Å². The summed E-state index contributed by atoms with van der Waals surface area (Å²) in [7, 11) is -2.31. The van der Waals surface area contributed by atoms with Crippen molar-refractivity contribution in [3.05, 3.63) is 53.6 Å². The number of aryl methyl sites for hydroxylation is 1. The van der Waals surface area contributed by atoms with Crippen LogP contribution in [-0.4, -0.2) is 34.3 Å². The van der Waals surface area contributed by atoms with Gasteiger partial charge in [0.05, 0.1) is 18.2 Å². The van der Waals surface area contributed by atoms with Crippen molar-refractivity contribution >= 4 is 22.1 Å². The first kappa shape index (κ1) is 19.3. The van der Waals surface area contributed by atoms with Gasteiger partial charge in [0.1, 0.15) is 0 Å². The van der Waals surface area contributed by atoms with Crippen molar-refractivity contribution in [2.75, 3.05) is 13.7 Å². The maximum absolute atomic E-state index is 12.1. The predicted molar refractivity (Wildman–Crippen MR) is 96.8 cm³/mol. The zero-order valence-electron chi connectivity index (χ0n) is 14.3. The number of sulfonamides is 1. The van der Waals surface area contributed by atoms with Gasteiger partial charge < -0.3 is 15.2 Å². The maximum atomic E-state index is 12.1. The van der Waals surface area contributed by atoms with Gasteiger partial charge in [0, 0.05) is 0 Å². The number of hydrogen-bond acceptors (Lipinski definition) is 6. The van der Waals surface area contributed by atoms with E-state index in [1.54, 1.807) is 30.3 Å². The molecule has 0 bridgehead atoms. The Kier molecular flexibility index (Phi) is 6.18. The third-order valence-corrected chi connectivity index (χ3v) is 4.51. The van der Waals surface area contributed by atoms with Crippen molar-refractivity contribution in [2.24, 2.45) is 10.8 Å². The zero-order chi connectivity index (χ0) is 19.2. The van der Waals surface area contributed by atoms with Gasteiger partial charge in [0.2, 0.25) is 0 Å². The predicted octanol–water partition coefficient (Wildman–Crippen LogP) is 1.18. The Bertz CT molecular complexity index is 908. The normalized spacial score (nSPS) is 11.3. The molecule has 0 unspecified atom stereocenters. The minimum atomic E-state index is -3.74. The second-order valence-electron chi connectivity index (χ2n) is 5.33. The number of nitrogens with two attached hydrogens (primary N) is 1. The molecule has 0 aliphatic heterocycles. The molecule has 0 spiro atoms. The van der Waals surface area contributed by atoms with Gasteiger partial charge in [0.25, 0.3) is 15.9 Å². The number of methoxy groups -OCH3 is 1. The van der Waals surface area contributed by atoms with Crippen LogP contribution in [0.25, 0.3) is 0 Å². The molecule has 2 aromatic rings. The summed E-state index contributed by atoms with van der Waals surface area (Å²) in [6.07, 6.45) is 1.33. The van der Waals surface area contributed by atoms with Crippen LogP contribution in [0.2, 0.25) is 0 Å². The van der Waals surface area contributed by atoms with Crippen LogP contribution in [0.5, 0.6) is 11.5 Å². The third kappa shape index (κ3) is 5.21. The van der Waals surface area contributed by atoms with Gasteiger partial charge in [0.15, 0.2) is 18.1 Å². The molecule has 2 aromatic carbocycles. The van der Waals surface area contributed by atoms with Crippen LogP contribution in [-0.2, 0) is 14.8 Å². The number of rotatable bonds is 8. The van der Waals surface area contributed by atoms with E-state index in [-0.39, 0.29) is 11.5 Å². The molecule has 0 saturated carbocycles. The van der Waals surface area contributed by atoms with Gasteiger partial charge >= 0.3 is 0 Å². The molecule has 3 N–H and O–H groups in total.